The zero-order chi connectivity index (χ0) is 12.0. The summed E-state index contributed by atoms with van der Waals surface area (Å²) < 4.78 is 0. The molecule has 0 heterocycles. The van der Waals surface area contributed by atoms with Gasteiger partial charge >= 0.3 is 17.1 Å². The van der Waals surface area contributed by atoms with Crippen molar-refractivity contribution in [2.24, 2.45) is 0 Å². The normalized spacial score (nSPS) is 8.71. The van der Waals surface area contributed by atoms with Gasteiger partial charge in [-0.15, -0.1) is 0 Å². The summed E-state index contributed by atoms with van der Waals surface area (Å²) in [6.07, 6.45) is 0. The Hall–Kier alpha value is -1.04. The van der Waals surface area contributed by atoms with E-state index in [9.17, 15) is 0 Å². The minimum atomic E-state index is 0. The minimum Gasteiger partial charge on any atom is -0.180 e. The van der Waals surface area contributed by atoms with Crippen molar-refractivity contribution in [3.05, 3.63) is 70.8 Å². The Labute approximate surface area is 116 Å². The first-order valence-electron chi connectivity index (χ1n) is 5.49. The summed E-state index contributed by atoms with van der Waals surface area (Å²) in [5.74, 6) is 0. The molecule has 0 atom stereocenters. The summed E-state index contributed by atoms with van der Waals surface area (Å²) in [5.41, 5.74) is 5.11. The standard InChI is InChI=1S/2C8H9.Cu/c2*1-7-5-3-4-6-8(7)2;/h2*3-5H,1-2H3;/q2*-1;+2. The molecule has 1 heteroatoms. The Morgan fingerprint density at radius 1 is 0.706 bits per heavy atom. The monoisotopic (exact) mass is 273 g/mol. The molecular weight excluding hydrogens is 256 g/mol. The SMILES string of the molecule is Cc1[c-]cccc1C.Cc1[c-]cccc1C.[Cu+2]. The first-order chi connectivity index (χ1) is 7.61. The second kappa shape index (κ2) is 8.11. The van der Waals surface area contributed by atoms with E-state index in [1.165, 1.54) is 22.3 Å². The van der Waals surface area contributed by atoms with Crippen LogP contribution in [0.5, 0.6) is 0 Å². The molecule has 0 aliphatic carbocycles. The van der Waals surface area contributed by atoms with Gasteiger partial charge in [-0.25, -0.2) is 0 Å². The molecule has 0 spiro atoms. The number of aryl methyl sites for hydroxylation is 4. The minimum absolute atomic E-state index is 0. The number of hydrogen-bond donors (Lipinski definition) is 0. The van der Waals surface area contributed by atoms with Gasteiger partial charge in [0.1, 0.15) is 0 Å². The summed E-state index contributed by atoms with van der Waals surface area (Å²) >= 11 is 0. The fourth-order valence-corrected chi connectivity index (χ4v) is 1.21. The van der Waals surface area contributed by atoms with Gasteiger partial charge in [-0.2, -0.15) is 70.8 Å². The van der Waals surface area contributed by atoms with Crippen molar-refractivity contribution in [2.45, 2.75) is 27.7 Å². The molecular formula is C16H18Cu. The van der Waals surface area contributed by atoms with E-state index in [0.717, 1.165) is 0 Å². The third-order valence-corrected chi connectivity index (χ3v) is 2.67. The molecule has 0 unspecified atom stereocenters. The Bertz CT molecular complexity index is 361. The van der Waals surface area contributed by atoms with Crippen LogP contribution >= 0.6 is 0 Å². The van der Waals surface area contributed by atoms with E-state index < -0.39 is 0 Å². The predicted octanol–water partition coefficient (Wildman–Crippen LogP) is 4.20. The van der Waals surface area contributed by atoms with Gasteiger partial charge in [0.2, 0.25) is 0 Å². The van der Waals surface area contributed by atoms with E-state index in [1.54, 1.807) is 0 Å². The van der Waals surface area contributed by atoms with E-state index in [1.807, 2.05) is 24.3 Å². The third-order valence-electron chi connectivity index (χ3n) is 2.67. The van der Waals surface area contributed by atoms with Crippen LogP contribution in [0.15, 0.2) is 36.4 Å². The maximum absolute atomic E-state index is 3.10. The second-order valence-corrected chi connectivity index (χ2v) is 3.96. The van der Waals surface area contributed by atoms with Crippen LogP contribution in [0.25, 0.3) is 0 Å². The second-order valence-electron chi connectivity index (χ2n) is 3.96. The smallest absolute Gasteiger partial charge is 0.180 e. The molecule has 0 nitrogen and oxygen atoms in total. The van der Waals surface area contributed by atoms with E-state index in [0.29, 0.717) is 0 Å². The average molecular weight is 274 g/mol. The van der Waals surface area contributed by atoms with Crippen LogP contribution in [0.3, 0.4) is 0 Å². The van der Waals surface area contributed by atoms with Crippen molar-refractivity contribution in [2.75, 3.05) is 0 Å². The Morgan fingerprint density at radius 3 is 1.24 bits per heavy atom. The van der Waals surface area contributed by atoms with E-state index in [-0.39, 0.29) is 17.1 Å². The van der Waals surface area contributed by atoms with Crippen LogP contribution in [0.1, 0.15) is 22.3 Å². The van der Waals surface area contributed by atoms with Crippen LogP contribution in [0.4, 0.5) is 0 Å². The quantitative estimate of drug-likeness (QED) is 0.498. The first-order valence-corrected chi connectivity index (χ1v) is 5.49. The maximum atomic E-state index is 3.10. The summed E-state index contributed by atoms with van der Waals surface area (Å²) in [6.45, 7) is 8.31. The molecule has 93 valence electrons. The Morgan fingerprint density at radius 2 is 1.06 bits per heavy atom. The Balaban J connectivity index is 0.000000284. The molecule has 0 N–H and O–H groups in total. The van der Waals surface area contributed by atoms with E-state index in [2.05, 4.69) is 52.0 Å². The van der Waals surface area contributed by atoms with Crippen LogP contribution in [-0.2, 0) is 17.1 Å². The maximum Gasteiger partial charge on any atom is 2.00 e. The topological polar surface area (TPSA) is 0 Å². The van der Waals surface area contributed by atoms with Gasteiger partial charge in [-0.1, -0.05) is 27.7 Å². The van der Waals surface area contributed by atoms with Crippen LogP contribution < -0.4 is 0 Å². The molecule has 0 fully saturated rings. The molecule has 1 radical (unpaired) electrons. The molecule has 17 heavy (non-hydrogen) atoms. The van der Waals surface area contributed by atoms with Crippen LogP contribution in [-0.4, -0.2) is 0 Å². The predicted molar refractivity (Wildman–Crippen MR) is 69.5 cm³/mol. The van der Waals surface area contributed by atoms with E-state index >= 15 is 0 Å². The third kappa shape index (κ3) is 5.72. The molecule has 0 aliphatic heterocycles. The largest absolute Gasteiger partial charge is 2.00 e. The first kappa shape index (κ1) is 16.0. The fraction of sp³-hybridized carbons (Fsp3) is 0.250. The zero-order valence-electron chi connectivity index (χ0n) is 10.8. The average Bonchev–Trinajstić information content (AvgIpc) is 2.28. The molecule has 0 saturated heterocycles. The number of benzene rings is 2. The molecule has 2 rings (SSSR count). The molecule has 0 amide bonds. The molecule has 2 aromatic rings. The van der Waals surface area contributed by atoms with Crippen molar-refractivity contribution >= 4 is 0 Å². The van der Waals surface area contributed by atoms with Crippen molar-refractivity contribution in [3.8, 4) is 0 Å². The van der Waals surface area contributed by atoms with Gasteiger partial charge in [0.15, 0.2) is 0 Å². The van der Waals surface area contributed by atoms with Crippen LogP contribution in [0.2, 0.25) is 0 Å². The Kier molecular flexibility index (Phi) is 7.61. The summed E-state index contributed by atoms with van der Waals surface area (Å²) in [6, 6.07) is 18.2. The van der Waals surface area contributed by atoms with Gasteiger partial charge < -0.3 is 0 Å². The molecule has 0 saturated carbocycles. The number of hydrogen-bond acceptors (Lipinski definition) is 0. The molecule has 2 aromatic carbocycles. The van der Waals surface area contributed by atoms with Crippen molar-refractivity contribution in [3.63, 3.8) is 0 Å². The summed E-state index contributed by atoms with van der Waals surface area (Å²) in [4.78, 5) is 0. The van der Waals surface area contributed by atoms with Crippen molar-refractivity contribution in [1.29, 1.82) is 0 Å². The van der Waals surface area contributed by atoms with Crippen molar-refractivity contribution in [1.82, 2.24) is 0 Å². The van der Waals surface area contributed by atoms with Crippen molar-refractivity contribution < 1.29 is 17.1 Å². The summed E-state index contributed by atoms with van der Waals surface area (Å²) in [7, 11) is 0. The fourth-order valence-electron chi connectivity index (χ4n) is 1.21. The molecule has 0 aliphatic rings. The summed E-state index contributed by atoms with van der Waals surface area (Å²) in [5, 5.41) is 0. The van der Waals surface area contributed by atoms with Gasteiger partial charge in [0.25, 0.3) is 0 Å². The van der Waals surface area contributed by atoms with Crippen LogP contribution in [0, 0.1) is 39.8 Å². The van der Waals surface area contributed by atoms with Gasteiger partial charge in [0.05, 0.1) is 0 Å². The number of rotatable bonds is 0. The van der Waals surface area contributed by atoms with E-state index in [4.69, 9.17) is 0 Å². The zero-order valence-corrected chi connectivity index (χ0v) is 11.7. The molecule has 0 bridgehead atoms. The van der Waals surface area contributed by atoms with Gasteiger partial charge in [-0.05, 0) is 0 Å². The molecule has 0 aromatic heterocycles. The van der Waals surface area contributed by atoms with Gasteiger partial charge in [0, 0.05) is 0 Å². The van der Waals surface area contributed by atoms with Gasteiger partial charge in [-0.3, -0.25) is 0 Å².